The molecule has 1 aliphatic rings. The van der Waals surface area contributed by atoms with Gasteiger partial charge >= 0.3 is 5.97 Å². The molecular formula is C19H22N2O2S2. The minimum atomic E-state index is -0.294. The molecule has 1 aromatic heterocycles. The van der Waals surface area contributed by atoms with Gasteiger partial charge in [0.05, 0.1) is 12.7 Å². The van der Waals surface area contributed by atoms with E-state index in [2.05, 4.69) is 29.7 Å². The van der Waals surface area contributed by atoms with Gasteiger partial charge in [-0.15, -0.1) is 11.3 Å². The number of carbonyl (C=O) groups excluding carboxylic acids is 1. The molecule has 4 nitrogen and oxygen atoms in total. The van der Waals surface area contributed by atoms with E-state index in [-0.39, 0.29) is 5.97 Å². The van der Waals surface area contributed by atoms with Gasteiger partial charge in [-0.2, -0.15) is 0 Å². The normalized spacial score (nSPS) is 13.0. The first kappa shape index (κ1) is 17.9. The van der Waals surface area contributed by atoms with Crippen molar-refractivity contribution < 1.29 is 9.53 Å². The van der Waals surface area contributed by atoms with Crippen LogP contribution in [0.4, 0.5) is 10.7 Å². The van der Waals surface area contributed by atoms with E-state index in [4.69, 9.17) is 17.0 Å². The minimum Gasteiger partial charge on any atom is -0.465 e. The molecule has 0 bridgehead atoms. The Kier molecular flexibility index (Phi) is 5.71. The molecule has 0 atom stereocenters. The van der Waals surface area contributed by atoms with Gasteiger partial charge in [0.1, 0.15) is 5.00 Å². The van der Waals surface area contributed by atoms with Crippen LogP contribution >= 0.6 is 23.6 Å². The molecule has 25 heavy (non-hydrogen) atoms. The number of nitrogens with one attached hydrogen (secondary N) is 2. The maximum Gasteiger partial charge on any atom is 0.341 e. The van der Waals surface area contributed by atoms with Crippen molar-refractivity contribution in [2.24, 2.45) is 0 Å². The summed E-state index contributed by atoms with van der Waals surface area (Å²) in [5.74, 6) is -0.294. The average Bonchev–Trinajstić information content (AvgIpc) is 2.98. The van der Waals surface area contributed by atoms with Crippen LogP contribution in [0.25, 0.3) is 0 Å². The lowest BCUT2D eigenvalue weighted by Crippen LogP contribution is -2.20. The molecule has 1 aromatic carbocycles. The Morgan fingerprint density at radius 1 is 1.28 bits per heavy atom. The minimum absolute atomic E-state index is 0.294. The monoisotopic (exact) mass is 374 g/mol. The first-order chi connectivity index (χ1) is 12.1. The zero-order valence-corrected chi connectivity index (χ0v) is 16.1. The van der Waals surface area contributed by atoms with E-state index < -0.39 is 0 Å². The molecule has 0 fully saturated rings. The number of esters is 1. The Labute approximate surface area is 157 Å². The number of fused-ring (bicyclic) bond motifs is 1. The fourth-order valence-electron chi connectivity index (χ4n) is 3.11. The molecule has 0 radical (unpaired) electrons. The molecule has 0 aliphatic heterocycles. The van der Waals surface area contributed by atoms with Crippen LogP contribution in [0.2, 0.25) is 0 Å². The molecular weight excluding hydrogens is 352 g/mol. The second-order valence-corrected chi connectivity index (χ2v) is 7.55. The summed E-state index contributed by atoms with van der Waals surface area (Å²) in [6.07, 6.45) is 5.20. The third-order valence-corrected chi connectivity index (χ3v) is 5.79. The highest BCUT2D eigenvalue weighted by molar-refractivity contribution is 7.80. The van der Waals surface area contributed by atoms with Gasteiger partial charge in [0.15, 0.2) is 5.11 Å². The van der Waals surface area contributed by atoms with Crippen molar-refractivity contribution in [2.45, 2.75) is 39.0 Å². The Hall–Kier alpha value is -1.92. The van der Waals surface area contributed by atoms with Crippen LogP contribution in [0.1, 0.15) is 46.1 Å². The van der Waals surface area contributed by atoms with E-state index in [0.717, 1.165) is 41.9 Å². The SMILES string of the molecule is CCc1cccc(NC(=S)Nc2sc3c(c2C(=O)OC)CCCC3)c1. The van der Waals surface area contributed by atoms with Gasteiger partial charge in [0.2, 0.25) is 0 Å². The summed E-state index contributed by atoms with van der Waals surface area (Å²) in [6.45, 7) is 2.12. The first-order valence-corrected chi connectivity index (χ1v) is 9.74. The van der Waals surface area contributed by atoms with Crippen LogP contribution in [0.5, 0.6) is 0 Å². The molecule has 3 rings (SSSR count). The van der Waals surface area contributed by atoms with Gasteiger partial charge in [0.25, 0.3) is 0 Å². The van der Waals surface area contributed by atoms with Crippen molar-refractivity contribution in [3.8, 4) is 0 Å². The highest BCUT2D eigenvalue weighted by Gasteiger charge is 2.26. The van der Waals surface area contributed by atoms with Crippen molar-refractivity contribution in [3.63, 3.8) is 0 Å². The number of hydrogen-bond donors (Lipinski definition) is 2. The Balaban J connectivity index is 1.80. The molecule has 1 heterocycles. The largest absolute Gasteiger partial charge is 0.465 e. The van der Waals surface area contributed by atoms with Crippen LogP contribution in [0.15, 0.2) is 24.3 Å². The maximum absolute atomic E-state index is 12.3. The third kappa shape index (κ3) is 4.02. The quantitative estimate of drug-likeness (QED) is 0.595. The predicted octanol–water partition coefficient (Wildman–Crippen LogP) is 4.78. The topological polar surface area (TPSA) is 50.4 Å². The highest BCUT2D eigenvalue weighted by Crippen LogP contribution is 2.38. The van der Waals surface area contributed by atoms with Crippen molar-refractivity contribution in [2.75, 3.05) is 17.7 Å². The molecule has 0 amide bonds. The summed E-state index contributed by atoms with van der Waals surface area (Å²) >= 11 is 7.07. The van der Waals surface area contributed by atoms with Crippen molar-refractivity contribution in [1.82, 2.24) is 0 Å². The fourth-order valence-corrected chi connectivity index (χ4v) is 4.67. The molecule has 0 saturated heterocycles. The van der Waals surface area contributed by atoms with Crippen LogP contribution in [-0.2, 0) is 24.0 Å². The number of rotatable bonds is 4. The van der Waals surface area contributed by atoms with Crippen molar-refractivity contribution >= 4 is 45.3 Å². The Bertz CT molecular complexity index is 799. The van der Waals surface area contributed by atoms with Gasteiger partial charge in [-0.25, -0.2) is 4.79 Å². The number of ether oxygens (including phenoxy) is 1. The number of aryl methyl sites for hydroxylation is 2. The summed E-state index contributed by atoms with van der Waals surface area (Å²) < 4.78 is 5.00. The molecule has 0 spiro atoms. The molecule has 2 aromatic rings. The van der Waals surface area contributed by atoms with Gasteiger partial charge < -0.3 is 15.4 Å². The van der Waals surface area contributed by atoms with Gasteiger partial charge in [0, 0.05) is 10.6 Å². The second-order valence-electron chi connectivity index (χ2n) is 6.04. The summed E-state index contributed by atoms with van der Waals surface area (Å²) in [6, 6.07) is 8.15. The standard InChI is InChI=1S/C19H22N2O2S2/c1-3-12-7-6-8-13(11-12)20-19(24)21-17-16(18(22)23-2)14-9-4-5-10-15(14)25-17/h6-8,11H,3-5,9-10H2,1-2H3,(H2,20,21,24). The van der Waals surface area contributed by atoms with Crippen LogP contribution < -0.4 is 10.6 Å². The first-order valence-electron chi connectivity index (χ1n) is 8.52. The molecule has 1 aliphatic carbocycles. The summed E-state index contributed by atoms with van der Waals surface area (Å²) in [7, 11) is 1.42. The number of thiocarbonyl (C=S) groups is 1. The maximum atomic E-state index is 12.3. The highest BCUT2D eigenvalue weighted by atomic mass is 32.1. The zero-order chi connectivity index (χ0) is 17.8. The number of carbonyl (C=O) groups is 1. The van der Waals surface area contributed by atoms with Gasteiger partial charge in [-0.1, -0.05) is 19.1 Å². The van der Waals surface area contributed by atoms with E-state index in [1.807, 2.05) is 12.1 Å². The third-order valence-electron chi connectivity index (χ3n) is 4.38. The van der Waals surface area contributed by atoms with Crippen LogP contribution in [-0.4, -0.2) is 18.2 Å². The van der Waals surface area contributed by atoms with Crippen LogP contribution in [0, 0.1) is 0 Å². The van der Waals surface area contributed by atoms with Crippen LogP contribution in [0.3, 0.4) is 0 Å². The van der Waals surface area contributed by atoms with Crippen molar-refractivity contribution in [1.29, 1.82) is 0 Å². The number of methoxy groups -OCH3 is 1. The summed E-state index contributed by atoms with van der Waals surface area (Å²) in [5.41, 5.74) is 3.96. The second kappa shape index (κ2) is 7.97. The molecule has 0 unspecified atom stereocenters. The molecule has 6 heteroatoms. The van der Waals surface area contributed by atoms with Gasteiger partial charge in [-0.3, -0.25) is 0 Å². The van der Waals surface area contributed by atoms with Crippen molar-refractivity contribution in [3.05, 3.63) is 45.8 Å². The van der Waals surface area contributed by atoms with E-state index in [9.17, 15) is 4.79 Å². The smallest absolute Gasteiger partial charge is 0.341 e. The number of anilines is 2. The Morgan fingerprint density at radius 3 is 2.84 bits per heavy atom. The summed E-state index contributed by atoms with van der Waals surface area (Å²) in [5, 5.41) is 7.68. The predicted molar refractivity (Wildman–Crippen MR) is 108 cm³/mol. The fraction of sp³-hybridized carbons (Fsp3) is 0.368. The van der Waals surface area contributed by atoms with E-state index in [1.54, 1.807) is 11.3 Å². The Morgan fingerprint density at radius 2 is 2.08 bits per heavy atom. The van der Waals surface area contributed by atoms with E-state index >= 15 is 0 Å². The number of thiophene rings is 1. The molecule has 132 valence electrons. The van der Waals surface area contributed by atoms with E-state index in [1.165, 1.54) is 24.0 Å². The number of hydrogen-bond acceptors (Lipinski definition) is 4. The zero-order valence-electron chi connectivity index (χ0n) is 14.5. The average molecular weight is 375 g/mol. The lowest BCUT2D eigenvalue weighted by molar-refractivity contribution is 0.0601. The molecule has 0 saturated carbocycles. The molecule has 2 N–H and O–H groups in total. The van der Waals surface area contributed by atoms with E-state index in [0.29, 0.717) is 10.7 Å². The lowest BCUT2D eigenvalue weighted by atomic mass is 9.95. The lowest BCUT2D eigenvalue weighted by Gasteiger charge is -2.13. The summed E-state index contributed by atoms with van der Waals surface area (Å²) in [4.78, 5) is 13.5. The number of benzene rings is 1. The van der Waals surface area contributed by atoms with Gasteiger partial charge in [-0.05, 0) is 67.6 Å².